The van der Waals surface area contributed by atoms with Gasteiger partial charge in [-0.1, -0.05) is 31.0 Å². The van der Waals surface area contributed by atoms with Crippen LogP contribution in [0.4, 0.5) is 5.69 Å². The lowest BCUT2D eigenvalue weighted by atomic mass is 10.1. The number of hydrogen-bond acceptors (Lipinski definition) is 6. The zero-order chi connectivity index (χ0) is 24.0. The van der Waals surface area contributed by atoms with E-state index in [0.29, 0.717) is 22.7 Å². The second kappa shape index (κ2) is 10.7. The summed E-state index contributed by atoms with van der Waals surface area (Å²) in [5, 5.41) is 0.196. The quantitative estimate of drug-likeness (QED) is 0.257. The fraction of sp³-hybridized carbons (Fsp3) is 0.240. The second-order valence-corrected chi connectivity index (χ2v) is 7.40. The van der Waals surface area contributed by atoms with E-state index in [9.17, 15) is 9.59 Å². The second-order valence-electron chi connectivity index (χ2n) is 7.04. The number of thiocarbonyl (C=S) groups is 1. The number of anilines is 1. The largest absolute Gasteiger partial charge is 0.493 e. The molecule has 1 aliphatic heterocycles. The number of carbonyl (C=O) groups excluding carboxylic acids is 2. The van der Waals surface area contributed by atoms with Crippen molar-refractivity contribution in [1.82, 2.24) is 4.90 Å². The number of esters is 1. The fourth-order valence-corrected chi connectivity index (χ4v) is 3.66. The Labute approximate surface area is 198 Å². The van der Waals surface area contributed by atoms with E-state index in [0.717, 1.165) is 12.0 Å². The van der Waals surface area contributed by atoms with Gasteiger partial charge in [-0.3, -0.25) is 14.5 Å². The molecule has 2 aromatic rings. The lowest BCUT2D eigenvalue weighted by Crippen LogP contribution is -2.35. The van der Waals surface area contributed by atoms with Crippen molar-refractivity contribution in [3.8, 4) is 23.8 Å². The Morgan fingerprint density at radius 2 is 1.88 bits per heavy atom. The number of rotatable bonds is 8. The molecule has 0 saturated carbocycles. The van der Waals surface area contributed by atoms with Crippen molar-refractivity contribution in [2.24, 2.45) is 0 Å². The van der Waals surface area contributed by atoms with E-state index in [2.05, 4.69) is 12.8 Å². The van der Waals surface area contributed by atoms with Gasteiger partial charge in [0.05, 0.1) is 19.9 Å². The van der Waals surface area contributed by atoms with Crippen LogP contribution in [0.1, 0.15) is 18.1 Å². The Bertz CT molecular complexity index is 1130. The molecule has 0 spiro atoms. The fourth-order valence-electron chi connectivity index (χ4n) is 3.31. The van der Waals surface area contributed by atoms with Crippen molar-refractivity contribution in [2.45, 2.75) is 13.3 Å². The van der Waals surface area contributed by atoms with Gasteiger partial charge in [0, 0.05) is 0 Å². The van der Waals surface area contributed by atoms with Crippen LogP contribution in [0.3, 0.4) is 0 Å². The minimum absolute atomic E-state index is 0.0994. The maximum absolute atomic E-state index is 13.4. The summed E-state index contributed by atoms with van der Waals surface area (Å²) in [4.78, 5) is 28.3. The van der Waals surface area contributed by atoms with Gasteiger partial charge in [-0.15, -0.1) is 6.42 Å². The monoisotopic (exact) mass is 464 g/mol. The lowest BCUT2D eigenvalue weighted by Gasteiger charge is -2.19. The normalized spacial score (nSPS) is 14.4. The highest BCUT2D eigenvalue weighted by atomic mass is 32.1. The summed E-state index contributed by atoms with van der Waals surface area (Å²) in [6, 6.07) is 12.7. The first kappa shape index (κ1) is 23.8. The van der Waals surface area contributed by atoms with E-state index in [1.54, 1.807) is 24.3 Å². The van der Waals surface area contributed by atoms with Gasteiger partial charge < -0.3 is 19.1 Å². The van der Waals surface area contributed by atoms with E-state index in [1.807, 2.05) is 24.3 Å². The molecule has 33 heavy (non-hydrogen) atoms. The van der Waals surface area contributed by atoms with E-state index < -0.39 is 5.97 Å². The highest BCUT2D eigenvalue weighted by molar-refractivity contribution is 7.80. The number of hydrogen-bond donors (Lipinski definition) is 0. The molecule has 7 nitrogen and oxygen atoms in total. The number of terminal acetylenes is 1. The molecule has 170 valence electrons. The molecule has 3 rings (SSSR count). The molecule has 0 radical (unpaired) electrons. The first-order chi connectivity index (χ1) is 15.9. The number of benzene rings is 2. The molecule has 1 saturated heterocycles. The van der Waals surface area contributed by atoms with Crippen molar-refractivity contribution < 1.29 is 23.8 Å². The van der Waals surface area contributed by atoms with E-state index in [-0.39, 0.29) is 29.9 Å². The SMILES string of the molecule is C#CCOc1ccc(/C=C2/C(=O)N(c3ccc(CC)cc3)C(=S)N2CC(=O)OC)cc1OC. The van der Waals surface area contributed by atoms with Crippen molar-refractivity contribution in [3.63, 3.8) is 0 Å². The Morgan fingerprint density at radius 1 is 1.15 bits per heavy atom. The van der Waals surface area contributed by atoms with Crippen LogP contribution in [0.5, 0.6) is 11.5 Å². The molecule has 0 unspecified atom stereocenters. The van der Waals surface area contributed by atoms with E-state index >= 15 is 0 Å². The summed E-state index contributed by atoms with van der Waals surface area (Å²) in [6.45, 7) is 1.95. The number of ether oxygens (including phenoxy) is 3. The lowest BCUT2D eigenvalue weighted by molar-refractivity contribution is -0.140. The van der Waals surface area contributed by atoms with Gasteiger partial charge in [0.15, 0.2) is 16.6 Å². The van der Waals surface area contributed by atoms with Crippen molar-refractivity contribution in [1.29, 1.82) is 0 Å². The van der Waals surface area contributed by atoms with E-state index in [4.69, 9.17) is 32.9 Å². The minimum atomic E-state index is -0.519. The van der Waals surface area contributed by atoms with Gasteiger partial charge >= 0.3 is 5.97 Å². The zero-order valence-corrected chi connectivity index (χ0v) is 19.5. The van der Waals surface area contributed by atoms with Crippen LogP contribution >= 0.6 is 12.2 Å². The highest BCUT2D eigenvalue weighted by Gasteiger charge is 2.40. The first-order valence-corrected chi connectivity index (χ1v) is 10.6. The van der Waals surface area contributed by atoms with Gasteiger partial charge in [0.1, 0.15) is 18.8 Å². The molecular weight excluding hydrogens is 440 g/mol. The van der Waals surface area contributed by atoms with Gasteiger partial charge in [-0.2, -0.15) is 0 Å². The van der Waals surface area contributed by atoms with Gasteiger partial charge in [0.25, 0.3) is 5.91 Å². The Morgan fingerprint density at radius 3 is 2.48 bits per heavy atom. The van der Waals surface area contributed by atoms with Crippen molar-refractivity contribution >= 4 is 41.0 Å². The van der Waals surface area contributed by atoms with Gasteiger partial charge in [-0.25, -0.2) is 0 Å². The minimum Gasteiger partial charge on any atom is -0.493 e. The van der Waals surface area contributed by atoms with Crippen LogP contribution in [0.25, 0.3) is 6.08 Å². The summed E-state index contributed by atoms with van der Waals surface area (Å²) >= 11 is 5.58. The highest BCUT2D eigenvalue weighted by Crippen LogP contribution is 2.32. The molecule has 1 aliphatic rings. The van der Waals surface area contributed by atoms with Crippen LogP contribution in [-0.4, -0.2) is 49.3 Å². The number of amides is 1. The Balaban J connectivity index is 2.02. The molecule has 0 aromatic heterocycles. The zero-order valence-electron chi connectivity index (χ0n) is 18.7. The van der Waals surface area contributed by atoms with E-state index in [1.165, 1.54) is 24.0 Å². The van der Waals surface area contributed by atoms with Gasteiger partial charge in [-0.05, 0) is 60.1 Å². The molecule has 8 heteroatoms. The van der Waals surface area contributed by atoms with Crippen LogP contribution < -0.4 is 14.4 Å². The summed E-state index contributed by atoms with van der Waals surface area (Å²) in [6.07, 6.45) is 7.78. The predicted molar refractivity (Wildman–Crippen MR) is 130 cm³/mol. The van der Waals surface area contributed by atoms with Crippen LogP contribution in [-0.2, 0) is 20.7 Å². The van der Waals surface area contributed by atoms with Crippen molar-refractivity contribution in [3.05, 3.63) is 59.3 Å². The average molecular weight is 465 g/mol. The first-order valence-electron chi connectivity index (χ1n) is 10.2. The van der Waals surface area contributed by atoms with Crippen LogP contribution in [0.2, 0.25) is 0 Å². The Kier molecular flexibility index (Phi) is 7.70. The molecule has 2 aromatic carbocycles. The molecule has 1 heterocycles. The molecule has 0 bridgehead atoms. The summed E-state index contributed by atoms with van der Waals surface area (Å²) in [5.74, 6) is 2.48. The summed E-state index contributed by atoms with van der Waals surface area (Å²) < 4.78 is 15.7. The number of nitrogens with zero attached hydrogens (tertiary/aromatic N) is 2. The molecule has 1 fully saturated rings. The van der Waals surface area contributed by atoms with Crippen LogP contribution in [0, 0.1) is 12.3 Å². The third-order valence-electron chi connectivity index (χ3n) is 5.05. The number of methoxy groups -OCH3 is 2. The topological polar surface area (TPSA) is 68.3 Å². The molecular formula is C25H24N2O5S. The number of carbonyl (C=O) groups is 2. The summed E-state index contributed by atoms with van der Waals surface area (Å²) in [5.41, 5.74) is 2.65. The van der Waals surface area contributed by atoms with Gasteiger partial charge in [0.2, 0.25) is 0 Å². The molecule has 0 atom stereocenters. The molecule has 0 aliphatic carbocycles. The predicted octanol–water partition coefficient (Wildman–Crippen LogP) is 3.42. The third kappa shape index (κ3) is 5.16. The average Bonchev–Trinajstić information content (AvgIpc) is 3.06. The maximum atomic E-state index is 13.4. The maximum Gasteiger partial charge on any atom is 0.325 e. The van der Waals surface area contributed by atoms with Crippen molar-refractivity contribution in [2.75, 3.05) is 32.3 Å². The Hall–Kier alpha value is -3.83. The standard InChI is InChI=1S/C25H24N2O5S/c1-5-13-32-21-12-9-18(15-22(21)30-3)14-20-24(29)27(19-10-7-17(6-2)8-11-19)25(33)26(20)16-23(28)31-4/h1,7-12,14-15H,6,13,16H2,2-4H3/b20-14-. The third-order valence-corrected chi connectivity index (χ3v) is 5.46. The molecule has 1 amide bonds. The molecule has 0 N–H and O–H groups in total. The summed E-state index contributed by atoms with van der Waals surface area (Å²) in [7, 11) is 2.80. The smallest absolute Gasteiger partial charge is 0.325 e. The number of aryl methyl sites for hydroxylation is 1. The van der Waals surface area contributed by atoms with Crippen LogP contribution in [0.15, 0.2) is 48.2 Å².